The number of rotatable bonds is 6. The third-order valence-corrected chi connectivity index (χ3v) is 4.58. The number of hydrogen-bond acceptors (Lipinski definition) is 2. The molecule has 0 spiro atoms. The van der Waals surface area contributed by atoms with Gasteiger partial charge >= 0.3 is 0 Å². The molecule has 1 heterocycles. The van der Waals surface area contributed by atoms with Crippen LogP contribution in [0.25, 0.3) is 11.0 Å². The van der Waals surface area contributed by atoms with Crippen LogP contribution in [0, 0.1) is 0 Å². The molecule has 25 heavy (non-hydrogen) atoms. The van der Waals surface area contributed by atoms with Crippen LogP contribution in [-0.2, 0) is 17.8 Å². The molecule has 3 aromatic rings. The maximum absolute atomic E-state index is 12.4. The summed E-state index contributed by atoms with van der Waals surface area (Å²) in [7, 11) is 0. The number of imidazole rings is 1. The van der Waals surface area contributed by atoms with Gasteiger partial charge in [-0.05, 0) is 43.2 Å². The van der Waals surface area contributed by atoms with Crippen molar-refractivity contribution in [1.82, 2.24) is 14.9 Å². The predicted octanol–water partition coefficient (Wildman–Crippen LogP) is 4.20. The van der Waals surface area contributed by atoms with Crippen molar-refractivity contribution in [3.63, 3.8) is 0 Å². The van der Waals surface area contributed by atoms with E-state index in [1.54, 1.807) is 0 Å². The lowest BCUT2D eigenvalue weighted by atomic mass is 10.1. The van der Waals surface area contributed by atoms with Crippen LogP contribution in [0.1, 0.15) is 31.7 Å². The van der Waals surface area contributed by atoms with Crippen molar-refractivity contribution in [2.45, 2.75) is 39.3 Å². The van der Waals surface area contributed by atoms with Gasteiger partial charge in [0.05, 0.1) is 11.0 Å². The SMILES string of the molecule is CCC(C)NC(=O)Cn1c(Cc2ccc(Cl)cc2)nc2ccccc21. The molecule has 1 amide bonds. The van der Waals surface area contributed by atoms with Crippen molar-refractivity contribution in [1.29, 1.82) is 0 Å². The quantitative estimate of drug-likeness (QED) is 0.720. The first kappa shape index (κ1) is 17.5. The topological polar surface area (TPSA) is 46.9 Å². The number of carbonyl (C=O) groups excluding carboxylic acids is 1. The summed E-state index contributed by atoms with van der Waals surface area (Å²) in [5, 5.41) is 3.74. The average Bonchev–Trinajstić information content (AvgIpc) is 2.94. The van der Waals surface area contributed by atoms with Crippen LogP contribution >= 0.6 is 11.6 Å². The summed E-state index contributed by atoms with van der Waals surface area (Å²) in [6.07, 6.45) is 1.57. The van der Waals surface area contributed by atoms with Crippen molar-refractivity contribution in [3.05, 3.63) is 64.9 Å². The molecule has 1 atom stereocenters. The molecule has 1 N–H and O–H groups in total. The highest BCUT2D eigenvalue weighted by Crippen LogP contribution is 2.19. The Hall–Kier alpha value is -2.33. The number of halogens is 1. The second-order valence-corrected chi connectivity index (χ2v) is 6.72. The summed E-state index contributed by atoms with van der Waals surface area (Å²) in [5.41, 5.74) is 3.00. The number of nitrogens with zero attached hydrogens (tertiary/aromatic N) is 2. The van der Waals surface area contributed by atoms with Crippen molar-refractivity contribution in [2.75, 3.05) is 0 Å². The zero-order valence-electron chi connectivity index (χ0n) is 14.5. The molecule has 0 fully saturated rings. The Labute approximate surface area is 152 Å². The van der Waals surface area contributed by atoms with Gasteiger partial charge in [0.2, 0.25) is 5.91 Å². The summed E-state index contributed by atoms with van der Waals surface area (Å²) < 4.78 is 2.00. The highest BCUT2D eigenvalue weighted by atomic mass is 35.5. The monoisotopic (exact) mass is 355 g/mol. The molecular formula is C20H22ClN3O. The Kier molecular flexibility index (Phi) is 5.39. The van der Waals surface area contributed by atoms with E-state index in [9.17, 15) is 4.79 Å². The fourth-order valence-corrected chi connectivity index (χ4v) is 2.91. The van der Waals surface area contributed by atoms with Gasteiger partial charge in [0.1, 0.15) is 12.4 Å². The Morgan fingerprint density at radius 1 is 1.20 bits per heavy atom. The van der Waals surface area contributed by atoms with Crippen molar-refractivity contribution in [2.24, 2.45) is 0 Å². The zero-order chi connectivity index (χ0) is 17.8. The molecule has 1 unspecified atom stereocenters. The lowest BCUT2D eigenvalue weighted by molar-refractivity contribution is -0.122. The maximum Gasteiger partial charge on any atom is 0.240 e. The molecular weight excluding hydrogens is 334 g/mol. The molecule has 2 aromatic carbocycles. The second kappa shape index (κ2) is 7.70. The Morgan fingerprint density at radius 3 is 2.64 bits per heavy atom. The van der Waals surface area contributed by atoms with Crippen molar-refractivity contribution >= 4 is 28.5 Å². The van der Waals surface area contributed by atoms with E-state index in [1.807, 2.05) is 60.0 Å². The van der Waals surface area contributed by atoms with Crippen LogP contribution < -0.4 is 5.32 Å². The van der Waals surface area contributed by atoms with Gasteiger partial charge < -0.3 is 9.88 Å². The van der Waals surface area contributed by atoms with Gasteiger partial charge in [-0.25, -0.2) is 4.98 Å². The van der Waals surface area contributed by atoms with E-state index in [0.29, 0.717) is 11.4 Å². The summed E-state index contributed by atoms with van der Waals surface area (Å²) in [4.78, 5) is 17.1. The van der Waals surface area contributed by atoms with Crippen LogP contribution in [0.15, 0.2) is 48.5 Å². The Bertz CT molecular complexity index is 870. The summed E-state index contributed by atoms with van der Waals surface area (Å²) in [5.74, 6) is 0.887. The van der Waals surface area contributed by atoms with Crippen LogP contribution in [0.4, 0.5) is 0 Å². The number of benzene rings is 2. The standard InChI is InChI=1S/C20H22ClN3O/c1-3-14(2)22-20(25)13-24-18-7-5-4-6-17(18)23-19(24)12-15-8-10-16(21)11-9-15/h4-11,14H,3,12-13H2,1-2H3,(H,22,25). The fourth-order valence-electron chi connectivity index (χ4n) is 2.79. The first-order valence-electron chi connectivity index (χ1n) is 8.54. The van der Waals surface area contributed by atoms with E-state index in [-0.39, 0.29) is 18.5 Å². The number of fused-ring (bicyclic) bond motifs is 1. The number of hydrogen-bond donors (Lipinski definition) is 1. The van der Waals surface area contributed by atoms with E-state index < -0.39 is 0 Å². The lowest BCUT2D eigenvalue weighted by Gasteiger charge is -2.14. The third-order valence-electron chi connectivity index (χ3n) is 4.33. The van der Waals surface area contributed by atoms with E-state index >= 15 is 0 Å². The summed E-state index contributed by atoms with van der Waals surface area (Å²) in [6, 6.07) is 15.8. The molecule has 0 saturated heterocycles. The van der Waals surface area contributed by atoms with Gasteiger partial charge in [0.15, 0.2) is 0 Å². The van der Waals surface area contributed by atoms with Gasteiger partial charge in [-0.3, -0.25) is 4.79 Å². The van der Waals surface area contributed by atoms with Crippen LogP contribution in [-0.4, -0.2) is 21.5 Å². The predicted molar refractivity (Wildman–Crippen MR) is 102 cm³/mol. The van der Waals surface area contributed by atoms with E-state index in [0.717, 1.165) is 28.8 Å². The Balaban J connectivity index is 1.91. The van der Waals surface area contributed by atoms with E-state index in [2.05, 4.69) is 12.2 Å². The highest BCUT2D eigenvalue weighted by Gasteiger charge is 2.15. The van der Waals surface area contributed by atoms with Gasteiger partial charge in [-0.15, -0.1) is 0 Å². The van der Waals surface area contributed by atoms with Gasteiger partial charge in [0, 0.05) is 17.5 Å². The first-order valence-corrected chi connectivity index (χ1v) is 8.92. The van der Waals surface area contributed by atoms with Gasteiger partial charge in [-0.2, -0.15) is 0 Å². The van der Waals surface area contributed by atoms with Crippen molar-refractivity contribution in [3.8, 4) is 0 Å². The molecule has 0 saturated carbocycles. The minimum Gasteiger partial charge on any atom is -0.352 e. The van der Waals surface area contributed by atoms with E-state index in [4.69, 9.17) is 16.6 Å². The average molecular weight is 356 g/mol. The molecule has 130 valence electrons. The normalized spacial score (nSPS) is 12.3. The maximum atomic E-state index is 12.4. The molecule has 0 aliphatic heterocycles. The zero-order valence-corrected chi connectivity index (χ0v) is 15.3. The molecule has 4 nitrogen and oxygen atoms in total. The number of nitrogens with one attached hydrogen (secondary N) is 1. The number of aromatic nitrogens is 2. The van der Waals surface area contributed by atoms with Crippen LogP contribution in [0.5, 0.6) is 0 Å². The number of para-hydroxylation sites is 2. The summed E-state index contributed by atoms with van der Waals surface area (Å²) >= 11 is 5.97. The van der Waals surface area contributed by atoms with E-state index in [1.165, 1.54) is 0 Å². The molecule has 0 radical (unpaired) electrons. The van der Waals surface area contributed by atoms with Gasteiger partial charge in [0.25, 0.3) is 0 Å². The molecule has 1 aromatic heterocycles. The summed E-state index contributed by atoms with van der Waals surface area (Å²) in [6.45, 7) is 4.34. The smallest absolute Gasteiger partial charge is 0.240 e. The molecule has 3 rings (SSSR count). The fraction of sp³-hybridized carbons (Fsp3) is 0.300. The van der Waals surface area contributed by atoms with Crippen LogP contribution in [0.3, 0.4) is 0 Å². The largest absolute Gasteiger partial charge is 0.352 e. The van der Waals surface area contributed by atoms with Crippen LogP contribution in [0.2, 0.25) is 5.02 Å². The third kappa shape index (κ3) is 4.20. The highest BCUT2D eigenvalue weighted by molar-refractivity contribution is 6.30. The lowest BCUT2D eigenvalue weighted by Crippen LogP contribution is -2.34. The van der Waals surface area contributed by atoms with Gasteiger partial charge in [-0.1, -0.05) is 42.8 Å². The first-order chi connectivity index (χ1) is 12.1. The molecule has 0 aliphatic rings. The molecule has 0 aliphatic carbocycles. The number of amides is 1. The molecule has 0 bridgehead atoms. The Morgan fingerprint density at radius 2 is 1.92 bits per heavy atom. The number of carbonyl (C=O) groups is 1. The second-order valence-electron chi connectivity index (χ2n) is 6.28. The van der Waals surface area contributed by atoms with Crippen molar-refractivity contribution < 1.29 is 4.79 Å². The minimum absolute atomic E-state index is 0.00913. The minimum atomic E-state index is 0.00913. The molecule has 5 heteroatoms.